The van der Waals surface area contributed by atoms with Gasteiger partial charge in [-0.1, -0.05) is 122 Å². The summed E-state index contributed by atoms with van der Waals surface area (Å²) in [5.41, 5.74) is 7.49. The Hall–Kier alpha value is -5.53. The second-order valence-corrected chi connectivity index (χ2v) is 13.8. The second kappa shape index (κ2) is 16.9. The lowest BCUT2D eigenvalue weighted by molar-refractivity contribution is -0.268. The fourth-order valence-corrected chi connectivity index (χ4v) is 7.34. The number of urea groups is 1. The number of nitrogens with zero attached hydrogens (tertiary/aromatic N) is 4. The highest BCUT2D eigenvalue weighted by molar-refractivity contribution is 7.99. The molecule has 11 nitrogen and oxygen atoms in total. The van der Waals surface area contributed by atoms with Crippen molar-refractivity contribution in [3.8, 4) is 22.6 Å². The Bertz CT molecular complexity index is 2100. The summed E-state index contributed by atoms with van der Waals surface area (Å²) < 4.78 is 15.0. The van der Waals surface area contributed by atoms with Gasteiger partial charge in [-0.05, 0) is 68.1 Å². The SMILES string of the molecule is C[C@@H]1[C@H](CSc2nnnn2-c2ccc(O)cc2)O[C@H](c2ccc(-c3ccccc3CNC(=O)NCc3ccccc3)cc2)O[C@@H]1c1ccc(CO)cc1. The van der Waals surface area contributed by atoms with Crippen molar-refractivity contribution < 1.29 is 24.5 Å². The van der Waals surface area contributed by atoms with Crippen LogP contribution < -0.4 is 10.6 Å². The van der Waals surface area contributed by atoms with Crippen LogP contribution in [0, 0.1) is 5.92 Å². The zero-order valence-electron chi connectivity index (χ0n) is 29.1. The Morgan fingerprint density at radius 1 is 0.792 bits per heavy atom. The van der Waals surface area contributed by atoms with E-state index < -0.39 is 6.29 Å². The number of carbonyl (C=O) groups excluding carboxylic acids is 1. The number of rotatable bonds is 12. The molecule has 5 aromatic carbocycles. The molecule has 0 radical (unpaired) electrons. The topological polar surface area (TPSA) is 144 Å². The first kappa shape index (κ1) is 35.9. The van der Waals surface area contributed by atoms with E-state index in [0.29, 0.717) is 24.0 Å². The predicted molar refractivity (Wildman–Crippen MR) is 202 cm³/mol. The van der Waals surface area contributed by atoms with Crippen LogP contribution in [0.2, 0.25) is 0 Å². The summed E-state index contributed by atoms with van der Waals surface area (Å²) in [4.78, 5) is 12.6. The van der Waals surface area contributed by atoms with Gasteiger partial charge >= 0.3 is 6.03 Å². The average molecular weight is 729 g/mol. The minimum atomic E-state index is -0.647. The average Bonchev–Trinajstić information content (AvgIpc) is 3.68. The number of phenolic OH excluding ortho intramolecular Hbond substituents is 1. The standard InChI is InChI=1S/C41H40N6O5S/c1-27-37(26-53-41-44-45-46-47(41)34-19-21-35(49)22-20-34)51-39(52-38(27)31-13-11-29(25-48)12-14-31)32-17-15-30(16-18-32)36-10-6-5-9-33(36)24-43-40(50)42-23-28-7-3-2-4-8-28/h2-22,27,37-39,48-49H,23-26H2,1H3,(H2,42,43,50)/t27-,37+,38+,39+/m1/s1. The number of ether oxygens (including phenoxy) is 2. The van der Waals surface area contributed by atoms with Crippen molar-refractivity contribution in [3.63, 3.8) is 0 Å². The van der Waals surface area contributed by atoms with Crippen LogP contribution >= 0.6 is 11.8 Å². The van der Waals surface area contributed by atoms with Gasteiger partial charge in [0.2, 0.25) is 5.16 Å². The van der Waals surface area contributed by atoms with Crippen LogP contribution in [0.5, 0.6) is 5.75 Å². The third-order valence-corrected chi connectivity index (χ3v) is 10.3. The third kappa shape index (κ3) is 8.75. The van der Waals surface area contributed by atoms with Crippen molar-refractivity contribution in [2.45, 2.75) is 50.3 Å². The van der Waals surface area contributed by atoms with Crippen molar-refractivity contribution in [2.24, 2.45) is 5.92 Å². The highest BCUT2D eigenvalue weighted by atomic mass is 32.2. The second-order valence-electron chi connectivity index (χ2n) is 12.8. The van der Waals surface area contributed by atoms with Crippen molar-refractivity contribution in [3.05, 3.63) is 155 Å². The lowest BCUT2D eigenvalue weighted by Gasteiger charge is -2.41. The van der Waals surface area contributed by atoms with Gasteiger partial charge in [-0.2, -0.15) is 4.68 Å². The molecule has 270 valence electrons. The number of phenols is 1. The highest BCUT2D eigenvalue weighted by Gasteiger charge is 2.38. The molecule has 53 heavy (non-hydrogen) atoms. The quantitative estimate of drug-likeness (QED) is 0.0970. The molecule has 4 atom stereocenters. The van der Waals surface area contributed by atoms with Gasteiger partial charge in [0.05, 0.1) is 24.5 Å². The van der Waals surface area contributed by atoms with Crippen LogP contribution in [-0.2, 0) is 29.2 Å². The van der Waals surface area contributed by atoms with E-state index in [4.69, 9.17) is 9.47 Å². The van der Waals surface area contributed by atoms with Crippen LogP contribution in [-0.4, -0.2) is 48.3 Å². The molecule has 0 bridgehead atoms. The summed E-state index contributed by atoms with van der Waals surface area (Å²) in [6.07, 6.45) is -1.16. The van der Waals surface area contributed by atoms with Gasteiger partial charge < -0.3 is 30.3 Å². The molecule has 1 fully saturated rings. The minimum absolute atomic E-state index is 0.0275. The number of aliphatic hydroxyl groups excluding tert-OH is 1. The minimum Gasteiger partial charge on any atom is -0.508 e. The fraction of sp³-hybridized carbons (Fsp3) is 0.220. The van der Waals surface area contributed by atoms with E-state index in [1.165, 1.54) is 11.8 Å². The Morgan fingerprint density at radius 3 is 2.25 bits per heavy atom. The first-order chi connectivity index (χ1) is 25.9. The van der Waals surface area contributed by atoms with E-state index in [9.17, 15) is 15.0 Å². The molecule has 0 spiro atoms. The molecule has 7 rings (SSSR count). The molecule has 12 heteroatoms. The monoisotopic (exact) mass is 728 g/mol. The molecule has 0 saturated carbocycles. The van der Waals surface area contributed by atoms with Crippen LogP contribution in [0.25, 0.3) is 16.8 Å². The van der Waals surface area contributed by atoms with Gasteiger partial charge in [-0.3, -0.25) is 0 Å². The fourth-order valence-electron chi connectivity index (χ4n) is 6.28. The number of carbonyl (C=O) groups is 1. The first-order valence-corrected chi connectivity index (χ1v) is 18.4. The molecule has 6 aromatic rings. The smallest absolute Gasteiger partial charge is 0.315 e. The van der Waals surface area contributed by atoms with Gasteiger partial charge in [0.1, 0.15) is 5.75 Å². The highest BCUT2D eigenvalue weighted by Crippen LogP contribution is 2.43. The van der Waals surface area contributed by atoms with Crippen molar-refractivity contribution in [1.82, 2.24) is 30.8 Å². The Balaban J connectivity index is 1.07. The maximum Gasteiger partial charge on any atom is 0.315 e. The number of hydrogen-bond acceptors (Lipinski definition) is 9. The van der Waals surface area contributed by atoms with Crippen LogP contribution in [0.3, 0.4) is 0 Å². The van der Waals surface area contributed by atoms with Crippen LogP contribution in [0.15, 0.2) is 133 Å². The molecular weight excluding hydrogens is 689 g/mol. The van der Waals surface area contributed by atoms with Crippen LogP contribution in [0.1, 0.15) is 47.1 Å². The summed E-state index contributed by atoms with van der Waals surface area (Å²) in [6.45, 7) is 2.91. The number of aromatic hydroxyl groups is 1. The molecule has 0 aliphatic carbocycles. The molecule has 2 heterocycles. The number of nitrogens with one attached hydrogen (secondary N) is 2. The molecule has 0 unspecified atom stereocenters. The van der Waals surface area contributed by atoms with Gasteiger partial charge in [0.25, 0.3) is 0 Å². The number of tetrazole rings is 1. The molecule has 1 aliphatic heterocycles. The van der Waals surface area contributed by atoms with Gasteiger partial charge in [0.15, 0.2) is 6.29 Å². The number of aliphatic hydroxyl groups is 1. The number of thioether (sulfide) groups is 1. The van der Waals surface area contributed by atoms with E-state index in [1.807, 2.05) is 91.0 Å². The molecule has 1 aliphatic rings. The zero-order valence-corrected chi connectivity index (χ0v) is 29.9. The number of aromatic nitrogens is 4. The summed E-state index contributed by atoms with van der Waals surface area (Å²) in [6, 6.07) is 40.3. The molecule has 1 saturated heterocycles. The Labute approximate surface area is 312 Å². The molecular formula is C41H40N6O5S. The van der Waals surface area contributed by atoms with Gasteiger partial charge in [-0.25, -0.2) is 4.79 Å². The van der Waals surface area contributed by atoms with Gasteiger partial charge in [0, 0.05) is 30.3 Å². The maximum absolute atomic E-state index is 12.6. The predicted octanol–water partition coefficient (Wildman–Crippen LogP) is 7.11. The van der Waals surface area contributed by atoms with Crippen LogP contribution in [0.4, 0.5) is 4.79 Å². The van der Waals surface area contributed by atoms with E-state index in [-0.39, 0.29) is 36.5 Å². The van der Waals surface area contributed by atoms with Gasteiger partial charge in [-0.15, -0.1) is 5.10 Å². The zero-order chi connectivity index (χ0) is 36.6. The summed E-state index contributed by atoms with van der Waals surface area (Å²) in [5, 5.41) is 38.2. The lowest BCUT2D eigenvalue weighted by Crippen LogP contribution is -2.38. The summed E-state index contributed by atoms with van der Waals surface area (Å²) >= 11 is 1.49. The van der Waals surface area contributed by atoms with Crippen molar-refractivity contribution >= 4 is 17.8 Å². The largest absolute Gasteiger partial charge is 0.508 e. The number of benzene rings is 5. The lowest BCUT2D eigenvalue weighted by atomic mass is 9.91. The Kier molecular flexibility index (Phi) is 11.4. The Morgan fingerprint density at radius 2 is 1.49 bits per heavy atom. The van der Waals surface area contributed by atoms with E-state index in [0.717, 1.165) is 44.6 Å². The summed E-state index contributed by atoms with van der Waals surface area (Å²) in [7, 11) is 0. The third-order valence-electron chi connectivity index (χ3n) is 9.28. The van der Waals surface area contributed by atoms with Crippen molar-refractivity contribution in [2.75, 3.05) is 5.75 Å². The van der Waals surface area contributed by atoms with E-state index in [2.05, 4.69) is 45.2 Å². The number of amides is 2. The normalized spacial score (nSPS) is 18.4. The van der Waals surface area contributed by atoms with Crippen molar-refractivity contribution in [1.29, 1.82) is 0 Å². The number of hydrogen-bond donors (Lipinski definition) is 4. The van der Waals surface area contributed by atoms with E-state index >= 15 is 0 Å². The summed E-state index contributed by atoms with van der Waals surface area (Å²) in [5.74, 6) is 0.695. The molecule has 1 aromatic heterocycles. The maximum atomic E-state index is 12.6. The van der Waals surface area contributed by atoms with E-state index in [1.54, 1.807) is 28.9 Å². The first-order valence-electron chi connectivity index (χ1n) is 17.4. The molecule has 4 N–H and O–H groups in total. The molecule has 2 amide bonds.